The summed E-state index contributed by atoms with van der Waals surface area (Å²) in [6.45, 7) is 3.86. The van der Waals surface area contributed by atoms with Gasteiger partial charge in [0, 0.05) is 5.69 Å². The lowest BCUT2D eigenvalue weighted by Gasteiger charge is -2.20. The molecule has 6 nitrogen and oxygen atoms in total. The highest BCUT2D eigenvalue weighted by Crippen LogP contribution is 2.40. The maximum atomic E-state index is 9.19. The Hall–Kier alpha value is -3.55. The average Bonchev–Trinajstić information content (AvgIpc) is 2.76. The summed E-state index contributed by atoms with van der Waals surface area (Å²) in [5, 5.41) is 21.4. The lowest BCUT2D eigenvalue weighted by atomic mass is 10.1. The number of benzene rings is 2. The van der Waals surface area contributed by atoms with E-state index < -0.39 is 0 Å². The Morgan fingerprint density at radius 1 is 1.00 bits per heavy atom. The zero-order chi connectivity index (χ0) is 21.1. The van der Waals surface area contributed by atoms with E-state index in [2.05, 4.69) is 22.4 Å². The van der Waals surface area contributed by atoms with Crippen molar-refractivity contribution in [3.05, 3.63) is 64.3 Å². The maximum absolute atomic E-state index is 9.19. The molecule has 0 aliphatic carbocycles. The van der Waals surface area contributed by atoms with Crippen LogP contribution >= 0.6 is 11.8 Å². The summed E-state index contributed by atoms with van der Waals surface area (Å²) < 4.78 is 6.29. The van der Waals surface area contributed by atoms with E-state index in [0.29, 0.717) is 28.7 Å². The molecule has 148 valence electrons. The Labute approximate surface area is 179 Å². The lowest BCUT2D eigenvalue weighted by Crippen LogP contribution is -2.09. The summed E-state index contributed by atoms with van der Waals surface area (Å²) >= 11 is 1.71. The Morgan fingerprint density at radius 3 is 2.37 bits per heavy atom. The molecule has 1 aliphatic rings. The minimum Gasteiger partial charge on any atom is -0.437 e. The van der Waals surface area contributed by atoms with E-state index in [1.807, 2.05) is 38.1 Å². The normalized spacial score (nSPS) is 12.4. The molecule has 30 heavy (non-hydrogen) atoms. The van der Waals surface area contributed by atoms with Gasteiger partial charge in [0.25, 0.3) is 0 Å². The highest BCUT2D eigenvalue weighted by Gasteiger charge is 2.21. The van der Waals surface area contributed by atoms with Gasteiger partial charge in [-0.3, -0.25) is 0 Å². The molecule has 1 N–H and O–H groups in total. The molecule has 2 heterocycles. The first-order valence-electron chi connectivity index (χ1n) is 9.57. The number of nitrogens with one attached hydrogen (secondary N) is 1. The molecule has 0 atom stereocenters. The number of ether oxygens (including phenoxy) is 1. The lowest BCUT2D eigenvalue weighted by molar-refractivity contribution is 0.440. The average molecular weight is 414 g/mol. The number of hydrogen-bond acceptors (Lipinski definition) is 7. The third-order valence-electron chi connectivity index (χ3n) is 4.77. The monoisotopic (exact) mass is 413 g/mol. The van der Waals surface area contributed by atoms with Crippen LogP contribution in [0.3, 0.4) is 0 Å². The molecule has 0 spiro atoms. The largest absolute Gasteiger partial charge is 0.437 e. The molecule has 2 aromatic carbocycles. The van der Waals surface area contributed by atoms with E-state index in [4.69, 9.17) is 15.0 Å². The van der Waals surface area contributed by atoms with Crippen LogP contribution < -0.4 is 10.1 Å². The highest BCUT2D eigenvalue weighted by molar-refractivity contribution is 7.99. The molecule has 0 radical (unpaired) electrons. The van der Waals surface area contributed by atoms with Gasteiger partial charge < -0.3 is 10.1 Å². The second-order valence-corrected chi connectivity index (χ2v) is 8.15. The van der Waals surface area contributed by atoms with Crippen molar-refractivity contribution in [2.75, 3.05) is 11.1 Å². The molecule has 0 saturated heterocycles. The zero-order valence-electron chi connectivity index (χ0n) is 16.7. The molecular weight excluding hydrogens is 394 g/mol. The van der Waals surface area contributed by atoms with Crippen LogP contribution in [-0.4, -0.2) is 15.7 Å². The van der Waals surface area contributed by atoms with Gasteiger partial charge in [-0.15, -0.1) is 11.8 Å². The van der Waals surface area contributed by atoms with Crippen molar-refractivity contribution < 1.29 is 4.74 Å². The molecule has 1 aromatic heterocycles. The number of aryl methyl sites for hydroxylation is 3. The van der Waals surface area contributed by atoms with Crippen LogP contribution in [-0.2, 0) is 6.42 Å². The molecule has 3 aromatic rings. The van der Waals surface area contributed by atoms with E-state index in [0.717, 1.165) is 46.0 Å². The van der Waals surface area contributed by atoms with Gasteiger partial charge in [0.1, 0.15) is 5.75 Å². The van der Waals surface area contributed by atoms with Crippen LogP contribution in [0.25, 0.3) is 0 Å². The van der Waals surface area contributed by atoms with E-state index >= 15 is 0 Å². The van der Waals surface area contributed by atoms with Crippen molar-refractivity contribution in [1.29, 1.82) is 10.5 Å². The van der Waals surface area contributed by atoms with Crippen molar-refractivity contribution in [1.82, 2.24) is 9.97 Å². The third-order valence-corrected chi connectivity index (χ3v) is 5.96. The topological polar surface area (TPSA) is 94.6 Å². The fourth-order valence-corrected chi connectivity index (χ4v) is 4.37. The van der Waals surface area contributed by atoms with Crippen LogP contribution in [0.5, 0.6) is 11.6 Å². The van der Waals surface area contributed by atoms with Crippen LogP contribution in [0.15, 0.2) is 41.3 Å². The first-order chi connectivity index (χ1) is 14.6. The Balaban J connectivity index is 1.71. The van der Waals surface area contributed by atoms with E-state index in [1.54, 1.807) is 23.9 Å². The predicted molar refractivity (Wildman–Crippen MR) is 116 cm³/mol. The van der Waals surface area contributed by atoms with Gasteiger partial charge in [0.05, 0.1) is 33.9 Å². The second-order valence-electron chi connectivity index (χ2n) is 7.05. The smallest absolute Gasteiger partial charge is 0.238 e. The van der Waals surface area contributed by atoms with Gasteiger partial charge in [-0.2, -0.15) is 15.5 Å². The van der Waals surface area contributed by atoms with Crippen LogP contribution in [0.4, 0.5) is 11.6 Å². The first kappa shape index (κ1) is 19.8. The highest BCUT2D eigenvalue weighted by atomic mass is 32.2. The van der Waals surface area contributed by atoms with E-state index in [-0.39, 0.29) is 0 Å². The van der Waals surface area contributed by atoms with Gasteiger partial charge in [0.2, 0.25) is 11.8 Å². The number of hydrogen-bond donors (Lipinski definition) is 1. The minimum absolute atomic E-state index is 0.458. The molecule has 0 unspecified atom stereocenters. The molecule has 7 heteroatoms. The zero-order valence-corrected chi connectivity index (χ0v) is 17.5. The number of anilines is 2. The van der Waals surface area contributed by atoms with Crippen molar-refractivity contribution in [3.8, 4) is 23.8 Å². The minimum atomic E-state index is 0.458. The van der Waals surface area contributed by atoms with Crippen molar-refractivity contribution >= 4 is 23.4 Å². The number of fused-ring (bicyclic) bond motifs is 1. The van der Waals surface area contributed by atoms with Crippen molar-refractivity contribution in [2.24, 2.45) is 0 Å². The molecule has 0 bridgehead atoms. The quantitative estimate of drug-likeness (QED) is 0.611. The SMILES string of the molecule is Cc1cc(C#N)cc(C)c1Oc1nc(Nc2ccc(C#N)cc2)nc2c1SCCC2. The maximum Gasteiger partial charge on any atom is 0.238 e. The van der Waals surface area contributed by atoms with Crippen molar-refractivity contribution in [2.45, 2.75) is 31.6 Å². The second kappa shape index (κ2) is 8.44. The molecule has 4 rings (SSSR count). The standard InChI is InChI=1S/C23H19N5OS/c1-14-10-17(13-25)11-15(2)20(14)29-22-21-19(4-3-9-30-21)27-23(28-22)26-18-7-5-16(12-24)6-8-18/h5-8,10-11H,3-4,9H2,1-2H3,(H,26,27,28). The first-order valence-corrected chi connectivity index (χ1v) is 10.6. The fourth-order valence-electron chi connectivity index (χ4n) is 3.36. The predicted octanol–water partition coefficient (Wildman–Crippen LogP) is 5.41. The van der Waals surface area contributed by atoms with E-state index in [9.17, 15) is 5.26 Å². The number of nitriles is 2. The molecule has 1 aliphatic heterocycles. The van der Waals surface area contributed by atoms with Crippen LogP contribution in [0.2, 0.25) is 0 Å². The van der Waals surface area contributed by atoms with Gasteiger partial charge in [-0.05, 0) is 80.0 Å². The summed E-state index contributed by atoms with van der Waals surface area (Å²) in [6, 6.07) is 15.1. The molecule has 0 fully saturated rings. The summed E-state index contributed by atoms with van der Waals surface area (Å²) in [7, 11) is 0. The number of nitrogens with zero attached hydrogens (tertiary/aromatic N) is 4. The molecular formula is C23H19N5OS. The van der Waals surface area contributed by atoms with Gasteiger partial charge in [-0.1, -0.05) is 0 Å². The Kier molecular flexibility index (Phi) is 5.56. The molecule has 0 saturated carbocycles. The van der Waals surface area contributed by atoms with Crippen LogP contribution in [0, 0.1) is 36.5 Å². The summed E-state index contributed by atoms with van der Waals surface area (Å²) in [4.78, 5) is 10.3. The summed E-state index contributed by atoms with van der Waals surface area (Å²) in [5.74, 6) is 2.70. The molecule has 0 amide bonds. The third kappa shape index (κ3) is 4.07. The van der Waals surface area contributed by atoms with Gasteiger partial charge >= 0.3 is 0 Å². The van der Waals surface area contributed by atoms with Crippen LogP contribution in [0.1, 0.15) is 34.4 Å². The van der Waals surface area contributed by atoms with Crippen molar-refractivity contribution in [3.63, 3.8) is 0 Å². The fraction of sp³-hybridized carbons (Fsp3) is 0.217. The number of rotatable bonds is 4. The van der Waals surface area contributed by atoms with Gasteiger partial charge in [0.15, 0.2) is 0 Å². The van der Waals surface area contributed by atoms with E-state index in [1.165, 1.54) is 0 Å². The Morgan fingerprint density at radius 2 is 1.70 bits per heavy atom. The summed E-state index contributed by atoms with van der Waals surface area (Å²) in [5.41, 5.74) is 4.76. The summed E-state index contributed by atoms with van der Waals surface area (Å²) in [6.07, 6.45) is 1.92. The van der Waals surface area contributed by atoms with Gasteiger partial charge in [-0.25, -0.2) is 4.98 Å². The Bertz CT molecular complexity index is 1170. The number of thioether (sulfide) groups is 1. The number of aromatic nitrogens is 2.